The van der Waals surface area contributed by atoms with Gasteiger partial charge < -0.3 is 11.1 Å². The van der Waals surface area contributed by atoms with Crippen LogP contribution in [0.1, 0.15) is 62.7 Å². The summed E-state index contributed by atoms with van der Waals surface area (Å²) in [5.41, 5.74) is 7.31. The van der Waals surface area contributed by atoms with Crippen molar-refractivity contribution in [1.82, 2.24) is 10.3 Å². The second kappa shape index (κ2) is 9.37. The topological polar surface area (TPSA) is 68.0 Å². The van der Waals surface area contributed by atoms with Crippen molar-refractivity contribution in [3.8, 4) is 0 Å². The van der Waals surface area contributed by atoms with E-state index in [9.17, 15) is 4.79 Å². The maximum absolute atomic E-state index is 12.6. The minimum absolute atomic E-state index is 0. The summed E-state index contributed by atoms with van der Waals surface area (Å²) < 4.78 is 0. The lowest BCUT2D eigenvalue weighted by atomic mass is 9.65. The average molecular weight is 394 g/mol. The van der Waals surface area contributed by atoms with Crippen LogP contribution in [0.4, 0.5) is 0 Å². The number of nitrogens with two attached hydrogens (primary N) is 1. The van der Waals surface area contributed by atoms with E-state index in [2.05, 4.69) is 22.6 Å². The third-order valence-corrected chi connectivity index (χ3v) is 6.47. The van der Waals surface area contributed by atoms with Gasteiger partial charge in [0, 0.05) is 17.3 Å². The van der Waals surface area contributed by atoms with Gasteiger partial charge in [-0.15, -0.1) is 36.2 Å². The zero-order valence-corrected chi connectivity index (χ0v) is 16.8. The van der Waals surface area contributed by atoms with Crippen LogP contribution in [-0.4, -0.2) is 16.9 Å². The van der Waals surface area contributed by atoms with E-state index < -0.39 is 0 Å². The third kappa shape index (κ3) is 4.63. The van der Waals surface area contributed by atoms with E-state index in [0.29, 0.717) is 17.9 Å². The Bertz CT molecular complexity index is 526. The molecule has 2 aliphatic carbocycles. The fourth-order valence-electron chi connectivity index (χ4n) is 4.09. The van der Waals surface area contributed by atoms with Crippen molar-refractivity contribution in [3.63, 3.8) is 0 Å². The van der Waals surface area contributed by atoms with Crippen molar-refractivity contribution in [2.45, 2.75) is 64.5 Å². The van der Waals surface area contributed by atoms with Crippen LogP contribution in [0.2, 0.25) is 0 Å². The molecule has 1 heterocycles. The third-order valence-electron chi connectivity index (χ3n) is 5.46. The maximum atomic E-state index is 12.6. The van der Waals surface area contributed by atoms with Crippen LogP contribution in [0.5, 0.6) is 0 Å². The molecule has 2 bridgehead atoms. The first-order valence-corrected chi connectivity index (χ1v) is 9.46. The molecule has 0 aliphatic heterocycles. The molecule has 1 amide bonds. The number of hydrogen-bond acceptors (Lipinski definition) is 4. The standard InChI is InChI=1S/C17H27N3OS.2ClH/c1-3-15-20-14(9-22-15)10(2)19-17(21)13-7-11-5-4-6-12(8-13)16(11)18;;/h9-13,16H,3-8,18H2,1-2H3,(H,19,21);2*1H. The predicted octanol–water partition coefficient (Wildman–Crippen LogP) is 3.88. The molecule has 4 nitrogen and oxygen atoms in total. The highest BCUT2D eigenvalue weighted by atomic mass is 35.5. The van der Waals surface area contributed by atoms with Crippen LogP contribution in [0, 0.1) is 17.8 Å². The van der Waals surface area contributed by atoms with E-state index in [-0.39, 0.29) is 42.7 Å². The minimum atomic E-state index is -0.000472. The molecule has 0 spiro atoms. The Morgan fingerprint density at radius 3 is 2.54 bits per heavy atom. The van der Waals surface area contributed by atoms with E-state index in [0.717, 1.165) is 30.0 Å². The number of carbonyl (C=O) groups excluding carboxylic acids is 1. The van der Waals surface area contributed by atoms with Gasteiger partial charge in [-0.2, -0.15) is 0 Å². The van der Waals surface area contributed by atoms with Crippen LogP contribution >= 0.6 is 36.2 Å². The lowest BCUT2D eigenvalue weighted by Gasteiger charge is -2.43. The summed E-state index contributed by atoms with van der Waals surface area (Å²) in [6.45, 7) is 4.14. The van der Waals surface area contributed by atoms with Gasteiger partial charge in [-0.25, -0.2) is 4.98 Å². The summed E-state index contributed by atoms with van der Waals surface area (Å²) in [6, 6.07) is 0.320. The predicted molar refractivity (Wildman–Crippen MR) is 104 cm³/mol. The van der Waals surface area contributed by atoms with Crippen LogP contribution in [0.15, 0.2) is 5.38 Å². The fourth-order valence-corrected chi connectivity index (χ4v) is 4.93. The fraction of sp³-hybridized carbons (Fsp3) is 0.765. The van der Waals surface area contributed by atoms with Gasteiger partial charge in [0.1, 0.15) is 0 Å². The number of nitrogens with one attached hydrogen (secondary N) is 1. The number of nitrogens with zero attached hydrogens (tertiary/aromatic N) is 1. The van der Waals surface area contributed by atoms with Crippen molar-refractivity contribution in [2.24, 2.45) is 23.5 Å². The lowest BCUT2D eigenvalue weighted by Crippen LogP contribution is -2.49. The molecule has 1 aromatic heterocycles. The van der Waals surface area contributed by atoms with Gasteiger partial charge in [0.25, 0.3) is 0 Å². The summed E-state index contributed by atoms with van der Waals surface area (Å²) in [6.07, 6.45) is 6.56. The molecule has 2 saturated carbocycles. The molecule has 24 heavy (non-hydrogen) atoms. The Hall–Kier alpha value is -0.360. The summed E-state index contributed by atoms with van der Waals surface area (Å²) in [5, 5.41) is 6.37. The number of hydrogen-bond donors (Lipinski definition) is 2. The normalized spacial score (nSPS) is 29.8. The number of carbonyl (C=O) groups is 1. The largest absolute Gasteiger partial charge is 0.348 e. The van der Waals surface area contributed by atoms with Crippen LogP contribution in [-0.2, 0) is 11.2 Å². The summed E-state index contributed by atoms with van der Waals surface area (Å²) >= 11 is 1.68. The number of aromatic nitrogens is 1. The van der Waals surface area contributed by atoms with Crippen molar-refractivity contribution in [2.75, 3.05) is 0 Å². The molecule has 3 unspecified atom stereocenters. The molecular weight excluding hydrogens is 365 g/mol. The zero-order chi connectivity index (χ0) is 15.7. The molecule has 3 N–H and O–H groups in total. The number of halogens is 2. The van der Waals surface area contributed by atoms with E-state index in [1.165, 1.54) is 19.3 Å². The molecular formula is C17H29Cl2N3OS. The number of aryl methyl sites for hydroxylation is 1. The first-order chi connectivity index (χ1) is 10.6. The van der Waals surface area contributed by atoms with Crippen molar-refractivity contribution >= 4 is 42.1 Å². The monoisotopic (exact) mass is 393 g/mol. The highest BCUT2D eigenvalue weighted by molar-refractivity contribution is 7.09. The van der Waals surface area contributed by atoms with Gasteiger partial charge in [0.2, 0.25) is 5.91 Å². The number of rotatable bonds is 4. The second-order valence-corrected chi connectivity index (χ2v) is 7.89. The highest BCUT2D eigenvalue weighted by Gasteiger charge is 2.40. The quantitative estimate of drug-likeness (QED) is 0.814. The smallest absolute Gasteiger partial charge is 0.223 e. The molecule has 0 radical (unpaired) electrons. The molecule has 2 fully saturated rings. The lowest BCUT2D eigenvalue weighted by molar-refractivity contribution is -0.128. The first kappa shape index (κ1) is 21.7. The van der Waals surface area contributed by atoms with E-state index in [1.807, 2.05) is 6.92 Å². The Morgan fingerprint density at radius 1 is 1.38 bits per heavy atom. The van der Waals surface area contributed by atoms with E-state index in [1.54, 1.807) is 11.3 Å². The van der Waals surface area contributed by atoms with Gasteiger partial charge >= 0.3 is 0 Å². The zero-order valence-electron chi connectivity index (χ0n) is 14.4. The SMILES string of the molecule is CCc1nc(C(C)NC(=O)C2CC3CCCC(C2)C3N)cs1.Cl.Cl. The average Bonchev–Trinajstić information content (AvgIpc) is 2.95. The summed E-state index contributed by atoms with van der Waals surface area (Å²) in [5.74, 6) is 1.43. The van der Waals surface area contributed by atoms with Crippen LogP contribution in [0.25, 0.3) is 0 Å². The number of amides is 1. The van der Waals surface area contributed by atoms with Gasteiger partial charge in [0.15, 0.2) is 0 Å². The van der Waals surface area contributed by atoms with Crippen LogP contribution in [0.3, 0.4) is 0 Å². The molecule has 3 rings (SSSR count). The molecule has 0 aromatic carbocycles. The van der Waals surface area contributed by atoms with Gasteiger partial charge in [0.05, 0.1) is 16.7 Å². The Labute approximate surface area is 161 Å². The summed E-state index contributed by atoms with van der Waals surface area (Å²) in [7, 11) is 0. The maximum Gasteiger partial charge on any atom is 0.223 e. The van der Waals surface area contributed by atoms with Crippen molar-refractivity contribution in [3.05, 3.63) is 16.1 Å². The highest BCUT2D eigenvalue weighted by Crippen LogP contribution is 2.42. The molecule has 7 heteroatoms. The Morgan fingerprint density at radius 2 is 2.00 bits per heavy atom. The van der Waals surface area contributed by atoms with Gasteiger partial charge in [-0.05, 0) is 50.9 Å². The molecule has 3 atom stereocenters. The number of fused-ring (bicyclic) bond motifs is 2. The van der Waals surface area contributed by atoms with Crippen LogP contribution < -0.4 is 11.1 Å². The number of thiazole rings is 1. The Kier molecular flexibility index (Phi) is 8.46. The summed E-state index contributed by atoms with van der Waals surface area (Å²) in [4.78, 5) is 17.2. The molecule has 1 aromatic rings. The van der Waals surface area contributed by atoms with Crippen molar-refractivity contribution in [1.29, 1.82) is 0 Å². The Balaban J connectivity index is 0.00000144. The van der Waals surface area contributed by atoms with Crippen molar-refractivity contribution < 1.29 is 4.79 Å². The molecule has 0 saturated heterocycles. The van der Waals surface area contributed by atoms with E-state index in [4.69, 9.17) is 5.73 Å². The molecule has 2 aliphatic rings. The second-order valence-electron chi connectivity index (χ2n) is 6.95. The van der Waals surface area contributed by atoms with E-state index >= 15 is 0 Å². The van der Waals surface area contributed by atoms with Gasteiger partial charge in [-0.1, -0.05) is 13.3 Å². The first-order valence-electron chi connectivity index (χ1n) is 8.58. The molecule has 138 valence electrons. The minimum Gasteiger partial charge on any atom is -0.348 e. The van der Waals surface area contributed by atoms with Gasteiger partial charge in [-0.3, -0.25) is 4.79 Å².